The number of fused-ring (bicyclic) bond motifs is 2. The van der Waals surface area contributed by atoms with Crippen molar-refractivity contribution in [1.82, 2.24) is 4.72 Å². The van der Waals surface area contributed by atoms with Crippen LogP contribution in [0.25, 0.3) is 10.8 Å². The molecule has 1 aliphatic rings. The summed E-state index contributed by atoms with van der Waals surface area (Å²) in [5.74, 6) is -1.17. The van der Waals surface area contributed by atoms with Gasteiger partial charge in [-0.05, 0) is 42.0 Å². The van der Waals surface area contributed by atoms with Gasteiger partial charge < -0.3 is 10.1 Å². The maximum atomic E-state index is 12.4. The molecule has 1 atom stereocenters. The monoisotopic (exact) mass is 437 g/mol. The molecule has 0 spiro atoms. The molecule has 158 valence electrons. The quantitative estimate of drug-likeness (QED) is 0.595. The average Bonchev–Trinajstić information content (AvgIpc) is 3.02. The van der Waals surface area contributed by atoms with E-state index in [1.807, 2.05) is 36.4 Å². The van der Waals surface area contributed by atoms with Gasteiger partial charge in [0.1, 0.15) is 12.4 Å². The molecule has 2 N–H and O–H groups in total. The Labute approximate surface area is 179 Å². The zero-order chi connectivity index (χ0) is 22.0. The molecule has 0 aliphatic carbocycles. The molecule has 3 aromatic rings. The van der Waals surface area contributed by atoms with Crippen LogP contribution in [0.5, 0.6) is 0 Å². The van der Waals surface area contributed by atoms with E-state index in [1.165, 1.54) is 13.0 Å². The molecule has 1 amide bonds. The summed E-state index contributed by atoms with van der Waals surface area (Å²) < 4.78 is 31.6. The van der Waals surface area contributed by atoms with Crippen LogP contribution in [0.2, 0.25) is 0 Å². The molecule has 0 aromatic heterocycles. The Hall–Kier alpha value is -3.72. The molecule has 0 saturated heterocycles. The van der Waals surface area contributed by atoms with E-state index in [1.54, 1.807) is 24.3 Å². The van der Waals surface area contributed by atoms with Crippen molar-refractivity contribution in [3.63, 3.8) is 0 Å². The first-order valence-corrected chi connectivity index (χ1v) is 11.0. The number of nitrogens with one attached hydrogen (secondary N) is 2. The Morgan fingerprint density at radius 1 is 1.03 bits per heavy atom. The van der Waals surface area contributed by atoms with E-state index in [2.05, 4.69) is 15.0 Å². The smallest absolute Gasteiger partial charge is 0.328 e. The first-order chi connectivity index (χ1) is 14.8. The van der Waals surface area contributed by atoms with Gasteiger partial charge in [-0.25, -0.2) is 8.42 Å². The molecular weight excluding hydrogens is 418 g/mol. The standard InChI is InChI=1S/C22H19N3O5S/c1-14(22(27)24-17-11-10-15-6-2-3-7-16(15)12-17)30-20(26)13-23-21-18-8-4-5-9-19(18)31(28,29)25-21/h2-12,14H,13H2,1H3,(H,23,25)(H,24,27). The fourth-order valence-electron chi connectivity index (χ4n) is 3.19. The van der Waals surface area contributed by atoms with Gasteiger partial charge in [0.2, 0.25) is 0 Å². The lowest BCUT2D eigenvalue weighted by molar-refractivity contribution is -0.151. The van der Waals surface area contributed by atoms with E-state index in [4.69, 9.17) is 4.74 Å². The molecule has 8 nitrogen and oxygen atoms in total. The molecule has 0 bridgehead atoms. The van der Waals surface area contributed by atoms with Crippen molar-refractivity contribution in [1.29, 1.82) is 0 Å². The van der Waals surface area contributed by atoms with Gasteiger partial charge >= 0.3 is 5.97 Å². The number of sulfonamides is 1. The Balaban J connectivity index is 1.37. The van der Waals surface area contributed by atoms with Gasteiger partial charge in [0.25, 0.3) is 15.9 Å². The van der Waals surface area contributed by atoms with Gasteiger partial charge in [0, 0.05) is 11.3 Å². The summed E-state index contributed by atoms with van der Waals surface area (Å²) in [6.07, 6.45) is -1.05. The third-order valence-electron chi connectivity index (χ3n) is 4.72. The highest BCUT2D eigenvalue weighted by atomic mass is 32.2. The normalized spacial score (nSPS) is 16.4. The van der Waals surface area contributed by atoms with Crippen molar-refractivity contribution in [2.75, 3.05) is 11.9 Å². The highest BCUT2D eigenvalue weighted by Crippen LogP contribution is 2.22. The van der Waals surface area contributed by atoms with Crippen molar-refractivity contribution in [2.45, 2.75) is 17.9 Å². The number of hydrogen-bond donors (Lipinski definition) is 2. The van der Waals surface area contributed by atoms with Gasteiger partial charge in [-0.15, -0.1) is 0 Å². The predicted molar refractivity (Wildman–Crippen MR) is 116 cm³/mol. The molecule has 1 aliphatic heterocycles. The molecule has 9 heteroatoms. The van der Waals surface area contributed by atoms with Gasteiger partial charge in [0.15, 0.2) is 6.10 Å². The van der Waals surface area contributed by atoms with Gasteiger partial charge in [0.05, 0.1) is 4.90 Å². The minimum Gasteiger partial charge on any atom is -0.451 e. The molecule has 0 fully saturated rings. The molecule has 3 aromatic carbocycles. The van der Waals surface area contributed by atoms with E-state index in [9.17, 15) is 18.0 Å². The van der Waals surface area contributed by atoms with E-state index >= 15 is 0 Å². The van der Waals surface area contributed by atoms with Crippen LogP contribution in [-0.2, 0) is 24.3 Å². The lowest BCUT2D eigenvalue weighted by Crippen LogP contribution is -2.31. The first kappa shape index (κ1) is 20.5. The summed E-state index contributed by atoms with van der Waals surface area (Å²) >= 11 is 0. The number of nitrogens with zero attached hydrogens (tertiary/aromatic N) is 1. The lowest BCUT2D eigenvalue weighted by Gasteiger charge is -2.13. The Morgan fingerprint density at radius 3 is 2.55 bits per heavy atom. The SMILES string of the molecule is CC(OC(=O)CN=C1NS(=O)(=O)c2ccccc21)C(=O)Nc1ccc2ccccc2c1. The van der Waals surface area contributed by atoms with Crippen LogP contribution >= 0.6 is 0 Å². The number of aliphatic imine (C=N–C) groups is 1. The molecule has 4 rings (SSSR count). The summed E-state index contributed by atoms with van der Waals surface area (Å²) in [6, 6.07) is 19.6. The summed E-state index contributed by atoms with van der Waals surface area (Å²) in [7, 11) is -3.69. The highest BCUT2D eigenvalue weighted by Gasteiger charge is 2.30. The van der Waals surface area contributed by atoms with E-state index in [-0.39, 0.29) is 10.7 Å². The van der Waals surface area contributed by atoms with Crippen LogP contribution in [-0.4, -0.2) is 38.8 Å². The molecule has 0 radical (unpaired) electrons. The van der Waals surface area contributed by atoms with E-state index < -0.39 is 34.5 Å². The number of esters is 1. The topological polar surface area (TPSA) is 114 Å². The number of benzene rings is 3. The second kappa shape index (κ2) is 8.19. The fraction of sp³-hybridized carbons (Fsp3) is 0.136. The van der Waals surface area contributed by atoms with Gasteiger partial charge in [-0.3, -0.25) is 19.3 Å². The third-order valence-corrected chi connectivity index (χ3v) is 6.12. The van der Waals surface area contributed by atoms with Crippen molar-refractivity contribution in [3.8, 4) is 0 Å². The zero-order valence-electron chi connectivity index (χ0n) is 16.5. The summed E-state index contributed by atoms with van der Waals surface area (Å²) in [5.41, 5.74) is 0.973. The summed E-state index contributed by atoms with van der Waals surface area (Å²) in [6.45, 7) is 1.02. The second-order valence-electron chi connectivity index (χ2n) is 6.95. The molecular formula is C22H19N3O5S. The predicted octanol–water partition coefficient (Wildman–Crippen LogP) is 2.45. The van der Waals surface area contributed by atoms with Crippen molar-refractivity contribution >= 4 is 44.2 Å². The highest BCUT2D eigenvalue weighted by molar-refractivity contribution is 7.90. The number of anilines is 1. The fourth-order valence-corrected chi connectivity index (χ4v) is 4.44. The number of amidine groups is 1. The van der Waals surface area contributed by atoms with Gasteiger partial charge in [-0.2, -0.15) is 0 Å². The maximum Gasteiger partial charge on any atom is 0.328 e. The lowest BCUT2D eigenvalue weighted by atomic mass is 10.1. The van der Waals surface area contributed by atoms with Crippen LogP contribution in [0.1, 0.15) is 12.5 Å². The number of hydrogen-bond acceptors (Lipinski definition) is 6. The van der Waals surface area contributed by atoms with Crippen LogP contribution in [0.15, 0.2) is 76.6 Å². The molecule has 1 heterocycles. The number of ether oxygens (including phenoxy) is 1. The number of carbonyl (C=O) groups is 2. The van der Waals surface area contributed by atoms with E-state index in [0.29, 0.717) is 11.3 Å². The number of amides is 1. The molecule has 1 unspecified atom stereocenters. The van der Waals surface area contributed by atoms with Crippen LogP contribution in [0.4, 0.5) is 5.69 Å². The largest absolute Gasteiger partial charge is 0.451 e. The third kappa shape index (κ3) is 4.41. The first-order valence-electron chi connectivity index (χ1n) is 9.49. The minimum absolute atomic E-state index is 0.0702. The van der Waals surface area contributed by atoms with Crippen LogP contribution < -0.4 is 10.0 Å². The van der Waals surface area contributed by atoms with Crippen molar-refractivity contribution in [3.05, 3.63) is 72.3 Å². The van der Waals surface area contributed by atoms with Crippen molar-refractivity contribution < 1.29 is 22.7 Å². The number of rotatable bonds is 5. The van der Waals surface area contributed by atoms with Crippen molar-refractivity contribution in [2.24, 2.45) is 4.99 Å². The Kier molecular flexibility index (Phi) is 5.43. The molecule has 31 heavy (non-hydrogen) atoms. The molecule has 0 saturated carbocycles. The van der Waals surface area contributed by atoms with Crippen LogP contribution in [0, 0.1) is 0 Å². The van der Waals surface area contributed by atoms with E-state index in [0.717, 1.165) is 10.8 Å². The average molecular weight is 437 g/mol. The Bertz CT molecular complexity index is 1320. The zero-order valence-corrected chi connectivity index (χ0v) is 17.3. The number of carbonyl (C=O) groups excluding carboxylic acids is 2. The van der Waals surface area contributed by atoms with Gasteiger partial charge in [-0.1, -0.05) is 42.5 Å². The second-order valence-corrected chi connectivity index (χ2v) is 8.60. The Morgan fingerprint density at radius 2 is 1.74 bits per heavy atom. The van der Waals surface area contributed by atoms with Crippen LogP contribution in [0.3, 0.4) is 0 Å². The maximum absolute atomic E-state index is 12.4. The summed E-state index contributed by atoms with van der Waals surface area (Å²) in [4.78, 5) is 28.6. The minimum atomic E-state index is -3.69. The summed E-state index contributed by atoms with van der Waals surface area (Å²) in [5, 5.41) is 4.73.